The summed E-state index contributed by atoms with van der Waals surface area (Å²) in [6.07, 6.45) is 2.22. The minimum atomic E-state index is 1.00. The lowest BCUT2D eigenvalue weighted by Gasteiger charge is -2.10. The second kappa shape index (κ2) is 4.90. The lowest BCUT2D eigenvalue weighted by atomic mass is 10.1. The van der Waals surface area contributed by atoms with Gasteiger partial charge in [0.1, 0.15) is 0 Å². The van der Waals surface area contributed by atoms with Crippen LogP contribution in [0.25, 0.3) is 0 Å². The van der Waals surface area contributed by atoms with E-state index >= 15 is 0 Å². The fourth-order valence-electron chi connectivity index (χ4n) is 1.51. The van der Waals surface area contributed by atoms with Crippen molar-refractivity contribution in [1.82, 2.24) is 0 Å². The Hall–Kier alpha value is -0.980. The summed E-state index contributed by atoms with van der Waals surface area (Å²) in [7, 11) is 0. The van der Waals surface area contributed by atoms with Gasteiger partial charge < -0.3 is 5.32 Å². The van der Waals surface area contributed by atoms with Crippen molar-refractivity contribution >= 4 is 5.69 Å². The van der Waals surface area contributed by atoms with Gasteiger partial charge in [-0.3, -0.25) is 0 Å². The Labute approximate surface area is 81.2 Å². The Morgan fingerprint density at radius 3 is 2.38 bits per heavy atom. The molecular formula is C12H19N. The molecule has 0 aliphatic carbocycles. The highest BCUT2D eigenvalue weighted by Crippen LogP contribution is 2.18. The molecule has 0 aliphatic rings. The van der Waals surface area contributed by atoms with Gasteiger partial charge in [0.15, 0.2) is 0 Å². The Kier molecular flexibility index (Phi) is 3.81. The van der Waals surface area contributed by atoms with Crippen LogP contribution in [0.5, 0.6) is 0 Å². The third kappa shape index (κ3) is 2.48. The Bertz CT molecular complexity index is 266. The number of benzene rings is 1. The van der Waals surface area contributed by atoms with Crippen molar-refractivity contribution in [2.75, 3.05) is 11.9 Å². The summed E-state index contributed by atoms with van der Waals surface area (Å²) < 4.78 is 0. The van der Waals surface area contributed by atoms with Gasteiger partial charge in [-0.25, -0.2) is 0 Å². The maximum Gasteiger partial charge on any atom is 0.0375 e. The van der Waals surface area contributed by atoms with E-state index in [2.05, 4.69) is 44.3 Å². The zero-order chi connectivity index (χ0) is 9.68. The molecule has 13 heavy (non-hydrogen) atoms. The third-order valence-corrected chi connectivity index (χ3v) is 2.33. The fraction of sp³-hybridized carbons (Fsp3) is 0.500. The van der Waals surface area contributed by atoms with Gasteiger partial charge in [-0.05, 0) is 37.0 Å². The van der Waals surface area contributed by atoms with Gasteiger partial charge >= 0.3 is 0 Å². The average Bonchev–Trinajstić information content (AvgIpc) is 2.18. The Morgan fingerprint density at radius 2 is 1.85 bits per heavy atom. The first-order valence-corrected chi connectivity index (χ1v) is 5.17. The summed E-state index contributed by atoms with van der Waals surface area (Å²) in [5, 5.41) is 3.40. The predicted octanol–water partition coefficient (Wildman–Crippen LogP) is 3.24. The number of nitrogens with one attached hydrogen (secondary N) is 1. The standard InChI is InChI=1S/C12H19N/c1-4-10-7-8-11(5-2)12(9-10)13-6-3/h7-9,13H,4-6H2,1-3H3. The molecule has 0 radical (unpaired) electrons. The van der Waals surface area contributed by atoms with Crippen molar-refractivity contribution in [2.45, 2.75) is 33.6 Å². The summed E-state index contributed by atoms with van der Waals surface area (Å²) in [6, 6.07) is 6.72. The van der Waals surface area contributed by atoms with E-state index < -0.39 is 0 Å². The summed E-state index contributed by atoms with van der Waals surface area (Å²) in [4.78, 5) is 0. The molecule has 0 spiro atoms. The molecule has 0 unspecified atom stereocenters. The van der Waals surface area contributed by atoms with Crippen molar-refractivity contribution in [3.63, 3.8) is 0 Å². The maximum absolute atomic E-state index is 3.40. The van der Waals surface area contributed by atoms with E-state index in [1.165, 1.54) is 16.8 Å². The molecule has 1 heteroatoms. The Balaban J connectivity index is 2.95. The molecule has 0 aliphatic heterocycles. The van der Waals surface area contributed by atoms with Crippen LogP contribution in [-0.4, -0.2) is 6.54 Å². The first-order valence-electron chi connectivity index (χ1n) is 5.17. The van der Waals surface area contributed by atoms with Crippen LogP contribution in [-0.2, 0) is 12.8 Å². The van der Waals surface area contributed by atoms with Crippen molar-refractivity contribution in [3.05, 3.63) is 29.3 Å². The summed E-state index contributed by atoms with van der Waals surface area (Å²) >= 11 is 0. The van der Waals surface area contributed by atoms with E-state index in [9.17, 15) is 0 Å². The first-order chi connectivity index (χ1) is 6.31. The van der Waals surface area contributed by atoms with Crippen LogP contribution in [0.1, 0.15) is 31.9 Å². The smallest absolute Gasteiger partial charge is 0.0375 e. The molecule has 0 atom stereocenters. The molecule has 0 saturated heterocycles. The van der Waals surface area contributed by atoms with Gasteiger partial charge in [0.25, 0.3) is 0 Å². The second-order valence-corrected chi connectivity index (χ2v) is 3.23. The minimum absolute atomic E-state index is 1.00. The molecule has 0 amide bonds. The van der Waals surface area contributed by atoms with E-state index in [1.807, 2.05) is 0 Å². The molecule has 1 rings (SSSR count). The van der Waals surface area contributed by atoms with Gasteiger partial charge in [-0.15, -0.1) is 0 Å². The van der Waals surface area contributed by atoms with Crippen LogP contribution in [0.4, 0.5) is 5.69 Å². The maximum atomic E-state index is 3.40. The van der Waals surface area contributed by atoms with Gasteiger partial charge in [0.05, 0.1) is 0 Å². The summed E-state index contributed by atoms with van der Waals surface area (Å²) in [5.74, 6) is 0. The third-order valence-electron chi connectivity index (χ3n) is 2.33. The zero-order valence-corrected chi connectivity index (χ0v) is 8.85. The predicted molar refractivity (Wildman–Crippen MR) is 59.4 cm³/mol. The monoisotopic (exact) mass is 177 g/mol. The molecular weight excluding hydrogens is 158 g/mol. The topological polar surface area (TPSA) is 12.0 Å². The molecule has 1 aromatic carbocycles. The normalized spacial score (nSPS) is 10.1. The van der Waals surface area contributed by atoms with Crippen molar-refractivity contribution in [3.8, 4) is 0 Å². The first kappa shape index (κ1) is 10.1. The van der Waals surface area contributed by atoms with Crippen LogP contribution < -0.4 is 5.32 Å². The number of anilines is 1. The van der Waals surface area contributed by atoms with Crippen LogP contribution in [0.3, 0.4) is 0 Å². The summed E-state index contributed by atoms with van der Waals surface area (Å²) in [5.41, 5.74) is 4.14. The SMILES string of the molecule is CCNc1cc(CC)ccc1CC. The Morgan fingerprint density at radius 1 is 1.08 bits per heavy atom. The molecule has 0 aromatic heterocycles. The number of hydrogen-bond donors (Lipinski definition) is 1. The molecule has 0 saturated carbocycles. The molecule has 0 bridgehead atoms. The van der Waals surface area contributed by atoms with Crippen LogP contribution in [0, 0.1) is 0 Å². The van der Waals surface area contributed by atoms with Gasteiger partial charge in [-0.1, -0.05) is 26.0 Å². The highest BCUT2D eigenvalue weighted by molar-refractivity contribution is 5.53. The van der Waals surface area contributed by atoms with E-state index in [-0.39, 0.29) is 0 Å². The molecule has 1 N–H and O–H groups in total. The van der Waals surface area contributed by atoms with Crippen molar-refractivity contribution in [2.24, 2.45) is 0 Å². The van der Waals surface area contributed by atoms with Crippen LogP contribution in [0.15, 0.2) is 18.2 Å². The van der Waals surface area contributed by atoms with Gasteiger partial charge in [-0.2, -0.15) is 0 Å². The van der Waals surface area contributed by atoms with E-state index in [0.717, 1.165) is 19.4 Å². The highest BCUT2D eigenvalue weighted by atomic mass is 14.9. The molecule has 0 heterocycles. The lowest BCUT2D eigenvalue weighted by Crippen LogP contribution is -2.01. The van der Waals surface area contributed by atoms with Crippen molar-refractivity contribution < 1.29 is 0 Å². The number of hydrogen-bond acceptors (Lipinski definition) is 1. The van der Waals surface area contributed by atoms with Crippen LogP contribution in [0.2, 0.25) is 0 Å². The summed E-state index contributed by atoms with van der Waals surface area (Å²) in [6.45, 7) is 7.52. The van der Waals surface area contributed by atoms with Gasteiger partial charge in [0, 0.05) is 12.2 Å². The highest BCUT2D eigenvalue weighted by Gasteiger charge is 1.99. The van der Waals surface area contributed by atoms with Crippen LogP contribution >= 0.6 is 0 Å². The largest absolute Gasteiger partial charge is 0.385 e. The average molecular weight is 177 g/mol. The number of aryl methyl sites for hydroxylation is 2. The minimum Gasteiger partial charge on any atom is -0.385 e. The van der Waals surface area contributed by atoms with Crippen molar-refractivity contribution in [1.29, 1.82) is 0 Å². The number of rotatable bonds is 4. The molecule has 72 valence electrons. The quantitative estimate of drug-likeness (QED) is 0.744. The zero-order valence-electron chi connectivity index (χ0n) is 8.85. The molecule has 1 nitrogen and oxygen atoms in total. The van der Waals surface area contributed by atoms with E-state index in [1.54, 1.807) is 0 Å². The fourth-order valence-corrected chi connectivity index (χ4v) is 1.51. The van der Waals surface area contributed by atoms with E-state index in [4.69, 9.17) is 0 Å². The molecule has 1 aromatic rings. The van der Waals surface area contributed by atoms with Gasteiger partial charge in [0.2, 0.25) is 0 Å². The lowest BCUT2D eigenvalue weighted by molar-refractivity contribution is 1.08. The second-order valence-electron chi connectivity index (χ2n) is 3.23. The van der Waals surface area contributed by atoms with E-state index in [0.29, 0.717) is 0 Å². The molecule has 0 fully saturated rings.